The topological polar surface area (TPSA) is 24.5 Å². The zero-order chi connectivity index (χ0) is 13.3. The fourth-order valence-electron chi connectivity index (χ4n) is 1.91. The Kier molecular flexibility index (Phi) is 8.83. The minimum absolute atomic E-state index is 0.321. The predicted octanol–water partition coefficient (Wildman–Crippen LogP) is 2.37. The van der Waals surface area contributed by atoms with Crippen LogP contribution in [-0.4, -0.2) is 50.8 Å². The van der Waals surface area contributed by atoms with Crippen molar-refractivity contribution in [2.75, 3.05) is 39.8 Å². The molecular formula is C14H32N2O. The Balaban J connectivity index is 3.71. The third kappa shape index (κ3) is 10.7. The first-order valence-corrected chi connectivity index (χ1v) is 6.88. The summed E-state index contributed by atoms with van der Waals surface area (Å²) < 4.78 is 5.57. The molecule has 0 saturated carbocycles. The second-order valence-electron chi connectivity index (χ2n) is 6.00. The lowest BCUT2D eigenvalue weighted by molar-refractivity contribution is 0.0571. The molecule has 1 N–H and O–H groups in total. The first-order chi connectivity index (χ1) is 7.87. The lowest BCUT2D eigenvalue weighted by Crippen LogP contribution is -2.40. The third-order valence-electron chi connectivity index (χ3n) is 2.65. The lowest BCUT2D eigenvalue weighted by atomic mass is 9.93. The van der Waals surface area contributed by atoms with Gasteiger partial charge in [-0.05, 0) is 39.3 Å². The zero-order valence-electron chi connectivity index (χ0n) is 12.7. The molecule has 0 aliphatic rings. The summed E-state index contributed by atoms with van der Waals surface area (Å²) in [7, 11) is 2.17. The van der Waals surface area contributed by atoms with Crippen molar-refractivity contribution in [2.45, 2.75) is 47.1 Å². The molecule has 3 heteroatoms. The largest absolute Gasteiger partial charge is 0.377 e. The van der Waals surface area contributed by atoms with Gasteiger partial charge in [0.1, 0.15) is 0 Å². The van der Waals surface area contributed by atoms with Crippen LogP contribution >= 0.6 is 0 Å². The molecule has 104 valence electrons. The minimum atomic E-state index is 0.321. The van der Waals surface area contributed by atoms with E-state index in [0.717, 1.165) is 32.8 Å². The standard InChI is InChI=1S/C14H32N2O/c1-7-8-15-11-14(4,5)12-16(6)9-10-17-13(2)3/h13,15H,7-12H2,1-6H3. The number of rotatable bonds is 10. The van der Waals surface area contributed by atoms with Crippen LogP contribution in [0.5, 0.6) is 0 Å². The second-order valence-corrected chi connectivity index (χ2v) is 6.00. The van der Waals surface area contributed by atoms with Crippen LogP contribution in [0.25, 0.3) is 0 Å². The van der Waals surface area contributed by atoms with Crippen molar-refractivity contribution in [3.8, 4) is 0 Å². The number of hydrogen-bond acceptors (Lipinski definition) is 3. The van der Waals surface area contributed by atoms with Gasteiger partial charge in [0.05, 0.1) is 12.7 Å². The Hall–Kier alpha value is -0.120. The number of hydrogen-bond donors (Lipinski definition) is 1. The molecule has 3 nitrogen and oxygen atoms in total. The van der Waals surface area contributed by atoms with E-state index in [9.17, 15) is 0 Å². The molecule has 0 spiro atoms. The van der Waals surface area contributed by atoms with Crippen LogP contribution in [0, 0.1) is 5.41 Å². The zero-order valence-corrected chi connectivity index (χ0v) is 12.7. The molecule has 0 unspecified atom stereocenters. The number of nitrogens with one attached hydrogen (secondary N) is 1. The van der Waals surface area contributed by atoms with Crippen LogP contribution in [0.2, 0.25) is 0 Å². The summed E-state index contributed by atoms with van der Waals surface area (Å²) in [5, 5.41) is 3.50. The van der Waals surface area contributed by atoms with Gasteiger partial charge in [0.2, 0.25) is 0 Å². The van der Waals surface area contributed by atoms with Crippen LogP contribution in [0.3, 0.4) is 0 Å². The van der Waals surface area contributed by atoms with E-state index in [1.165, 1.54) is 6.42 Å². The van der Waals surface area contributed by atoms with Crippen molar-refractivity contribution < 1.29 is 4.74 Å². The van der Waals surface area contributed by atoms with E-state index in [2.05, 4.69) is 51.9 Å². The first kappa shape index (κ1) is 16.9. The second kappa shape index (κ2) is 8.90. The number of nitrogens with zero attached hydrogens (tertiary/aromatic N) is 1. The molecule has 0 amide bonds. The average Bonchev–Trinajstić information content (AvgIpc) is 2.16. The van der Waals surface area contributed by atoms with Gasteiger partial charge in [0.15, 0.2) is 0 Å². The summed E-state index contributed by atoms with van der Waals surface area (Å²) in [5.74, 6) is 0. The van der Waals surface area contributed by atoms with Gasteiger partial charge in [-0.25, -0.2) is 0 Å². The van der Waals surface area contributed by atoms with E-state index < -0.39 is 0 Å². The van der Waals surface area contributed by atoms with Crippen LogP contribution in [0.15, 0.2) is 0 Å². The van der Waals surface area contributed by atoms with Gasteiger partial charge in [-0.3, -0.25) is 0 Å². The van der Waals surface area contributed by atoms with Crippen molar-refractivity contribution in [1.82, 2.24) is 10.2 Å². The van der Waals surface area contributed by atoms with Crippen molar-refractivity contribution in [3.05, 3.63) is 0 Å². The Bertz CT molecular complexity index is 181. The van der Waals surface area contributed by atoms with Crippen molar-refractivity contribution in [3.63, 3.8) is 0 Å². The van der Waals surface area contributed by atoms with E-state index in [-0.39, 0.29) is 0 Å². The number of ether oxygens (including phenoxy) is 1. The Morgan fingerprint density at radius 3 is 2.47 bits per heavy atom. The minimum Gasteiger partial charge on any atom is -0.377 e. The molecular weight excluding hydrogens is 212 g/mol. The molecule has 0 heterocycles. The van der Waals surface area contributed by atoms with Crippen molar-refractivity contribution >= 4 is 0 Å². The summed E-state index contributed by atoms with van der Waals surface area (Å²) in [5.41, 5.74) is 0.321. The van der Waals surface area contributed by atoms with E-state index >= 15 is 0 Å². The molecule has 0 radical (unpaired) electrons. The smallest absolute Gasteiger partial charge is 0.0596 e. The summed E-state index contributed by atoms with van der Waals surface area (Å²) in [6.45, 7) is 16.1. The SMILES string of the molecule is CCCNCC(C)(C)CN(C)CCOC(C)C. The first-order valence-electron chi connectivity index (χ1n) is 6.88. The maximum Gasteiger partial charge on any atom is 0.0596 e. The molecule has 0 aromatic rings. The van der Waals surface area contributed by atoms with E-state index in [1.54, 1.807) is 0 Å². The van der Waals surface area contributed by atoms with Gasteiger partial charge in [-0.2, -0.15) is 0 Å². The quantitative estimate of drug-likeness (QED) is 0.597. The van der Waals surface area contributed by atoms with E-state index in [0.29, 0.717) is 11.5 Å². The molecule has 0 saturated heterocycles. The van der Waals surface area contributed by atoms with Gasteiger partial charge >= 0.3 is 0 Å². The Morgan fingerprint density at radius 1 is 1.29 bits per heavy atom. The summed E-state index contributed by atoms with van der Waals surface area (Å²) in [6, 6.07) is 0. The predicted molar refractivity (Wildman–Crippen MR) is 75.5 cm³/mol. The Labute approximate surface area is 108 Å². The molecule has 0 atom stereocenters. The highest BCUT2D eigenvalue weighted by molar-refractivity contribution is 4.75. The lowest BCUT2D eigenvalue weighted by Gasteiger charge is -2.30. The van der Waals surface area contributed by atoms with E-state index in [4.69, 9.17) is 4.74 Å². The summed E-state index contributed by atoms with van der Waals surface area (Å²) >= 11 is 0. The summed E-state index contributed by atoms with van der Waals surface area (Å²) in [6.07, 6.45) is 1.54. The molecule has 0 fully saturated rings. The highest BCUT2D eigenvalue weighted by atomic mass is 16.5. The van der Waals surface area contributed by atoms with Crippen LogP contribution in [0.4, 0.5) is 0 Å². The van der Waals surface area contributed by atoms with Crippen LogP contribution in [0.1, 0.15) is 41.0 Å². The monoisotopic (exact) mass is 244 g/mol. The molecule has 0 aromatic carbocycles. The van der Waals surface area contributed by atoms with Gasteiger partial charge in [-0.15, -0.1) is 0 Å². The number of likely N-dealkylation sites (N-methyl/N-ethyl adjacent to an activating group) is 1. The highest BCUT2D eigenvalue weighted by Gasteiger charge is 2.19. The van der Waals surface area contributed by atoms with E-state index in [1.807, 2.05) is 0 Å². The van der Waals surface area contributed by atoms with Gasteiger partial charge in [-0.1, -0.05) is 20.8 Å². The Morgan fingerprint density at radius 2 is 1.94 bits per heavy atom. The maximum absolute atomic E-state index is 5.57. The van der Waals surface area contributed by atoms with Gasteiger partial charge in [0, 0.05) is 19.6 Å². The molecule has 0 bridgehead atoms. The maximum atomic E-state index is 5.57. The van der Waals surface area contributed by atoms with Crippen LogP contribution < -0.4 is 5.32 Å². The fraction of sp³-hybridized carbons (Fsp3) is 1.00. The summed E-state index contributed by atoms with van der Waals surface area (Å²) in [4.78, 5) is 2.36. The molecule has 17 heavy (non-hydrogen) atoms. The van der Waals surface area contributed by atoms with Crippen molar-refractivity contribution in [2.24, 2.45) is 5.41 Å². The van der Waals surface area contributed by atoms with Gasteiger partial charge in [0.25, 0.3) is 0 Å². The fourth-order valence-corrected chi connectivity index (χ4v) is 1.91. The third-order valence-corrected chi connectivity index (χ3v) is 2.65. The average molecular weight is 244 g/mol. The molecule has 0 aliphatic carbocycles. The van der Waals surface area contributed by atoms with Crippen LogP contribution in [-0.2, 0) is 4.74 Å². The molecule has 0 rings (SSSR count). The normalized spacial score (nSPS) is 12.7. The van der Waals surface area contributed by atoms with Crippen molar-refractivity contribution in [1.29, 1.82) is 0 Å². The van der Waals surface area contributed by atoms with Gasteiger partial charge < -0.3 is 15.0 Å². The molecule has 0 aliphatic heterocycles. The molecule has 0 aromatic heterocycles. The highest BCUT2D eigenvalue weighted by Crippen LogP contribution is 2.14.